The summed E-state index contributed by atoms with van der Waals surface area (Å²) in [4.78, 5) is 11.3. The first-order valence-corrected chi connectivity index (χ1v) is 5.31. The van der Waals surface area contributed by atoms with Crippen LogP contribution < -0.4 is 16.2 Å². The minimum Gasteiger partial charge on any atom is -0.457 e. The second-order valence-electron chi connectivity index (χ2n) is 4.26. The molecular weight excluding hydrogens is 220 g/mol. The van der Waals surface area contributed by atoms with Crippen molar-refractivity contribution in [1.29, 1.82) is 0 Å². The van der Waals surface area contributed by atoms with Crippen molar-refractivity contribution in [2.24, 2.45) is 11.5 Å². The SMILES string of the molecule is CC(C)(N)C(=O)OCOc1ccc(CN)cc1. The second kappa shape index (κ2) is 5.65. The van der Waals surface area contributed by atoms with Crippen LogP contribution in [-0.2, 0) is 16.1 Å². The molecule has 5 nitrogen and oxygen atoms in total. The number of carbonyl (C=O) groups is 1. The lowest BCUT2D eigenvalue weighted by Crippen LogP contribution is -2.43. The fraction of sp³-hybridized carbons (Fsp3) is 0.417. The third kappa shape index (κ3) is 4.42. The number of ether oxygens (including phenoxy) is 2. The zero-order valence-corrected chi connectivity index (χ0v) is 10.1. The van der Waals surface area contributed by atoms with Gasteiger partial charge in [-0.3, -0.25) is 0 Å². The molecule has 94 valence electrons. The zero-order chi connectivity index (χ0) is 12.9. The number of hydrogen-bond acceptors (Lipinski definition) is 5. The molecule has 1 rings (SSSR count). The summed E-state index contributed by atoms with van der Waals surface area (Å²) in [7, 11) is 0. The van der Waals surface area contributed by atoms with Crippen molar-refractivity contribution in [3.63, 3.8) is 0 Å². The lowest BCUT2D eigenvalue weighted by Gasteiger charge is -2.16. The van der Waals surface area contributed by atoms with E-state index in [9.17, 15) is 4.79 Å². The second-order valence-corrected chi connectivity index (χ2v) is 4.26. The van der Waals surface area contributed by atoms with E-state index in [-0.39, 0.29) is 6.79 Å². The molecule has 0 aromatic heterocycles. The quantitative estimate of drug-likeness (QED) is 0.584. The fourth-order valence-corrected chi connectivity index (χ4v) is 1.06. The Balaban J connectivity index is 2.38. The van der Waals surface area contributed by atoms with Gasteiger partial charge in [-0.15, -0.1) is 0 Å². The van der Waals surface area contributed by atoms with E-state index in [1.165, 1.54) is 0 Å². The molecule has 0 spiro atoms. The van der Waals surface area contributed by atoms with Crippen LogP contribution in [0.3, 0.4) is 0 Å². The zero-order valence-electron chi connectivity index (χ0n) is 10.1. The van der Waals surface area contributed by atoms with Gasteiger partial charge in [0.25, 0.3) is 0 Å². The molecule has 0 fully saturated rings. The first-order valence-electron chi connectivity index (χ1n) is 5.31. The number of carbonyl (C=O) groups excluding carboxylic acids is 1. The summed E-state index contributed by atoms with van der Waals surface area (Å²) < 4.78 is 10.1. The van der Waals surface area contributed by atoms with Gasteiger partial charge in [-0.05, 0) is 31.5 Å². The van der Waals surface area contributed by atoms with E-state index in [1.807, 2.05) is 12.1 Å². The Morgan fingerprint density at radius 3 is 2.35 bits per heavy atom. The third-order valence-electron chi connectivity index (χ3n) is 2.10. The molecule has 0 unspecified atom stereocenters. The normalized spacial score (nSPS) is 11.1. The van der Waals surface area contributed by atoms with Gasteiger partial charge in [-0.1, -0.05) is 12.1 Å². The van der Waals surface area contributed by atoms with Crippen molar-refractivity contribution >= 4 is 5.97 Å². The Labute approximate surface area is 101 Å². The van der Waals surface area contributed by atoms with E-state index < -0.39 is 11.5 Å². The van der Waals surface area contributed by atoms with E-state index in [1.54, 1.807) is 26.0 Å². The Kier molecular flexibility index (Phi) is 4.48. The smallest absolute Gasteiger partial charge is 0.328 e. The van der Waals surface area contributed by atoms with Crippen molar-refractivity contribution in [2.45, 2.75) is 25.9 Å². The highest BCUT2D eigenvalue weighted by Crippen LogP contribution is 2.12. The molecule has 1 aromatic rings. The van der Waals surface area contributed by atoms with Crippen molar-refractivity contribution in [3.8, 4) is 5.75 Å². The standard InChI is InChI=1S/C12H18N2O3/c1-12(2,14)11(15)17-8-16-10-5-3-9(7-13)4-6-10/h3-6H,7-8,13-14H2,1-2H3. The molecule has 5 heteroatoms. The van der Waals surface area contributed by atoms with E-state index in [2.05, 4.69) is 0 Å². The molecule has 17 heavy (non-hydrogen) atoms. The lowest BCUT2D eigenvalue weighted by atomic mass is 10.1. The fourth-order valence-electron chi connectivity index (χ4n) is 1.06. The van der Waals surface area contributed by atoms with Crippen LogP contribution in [0.1, 0.15) is 19.4 Å². The van der Waals surface area contributed by atoms with Gasteiger partial charge in [0.05, 0.1) is 0 Å². The average molecular weight is 238 g/mol. The van der Waals surface area contributed by atoms with Crippen LogP contribution >= 0.6 is 0 Å². The Morgan fingerprint density at radius 1 is 1.29 bits per heavy atom. The summed E-state index contributed by atoms with van der Waals surface area (Å²) in [6.07, 6.45) is 0. The maximum absolute atomic E-state index is 11.3. The number of rotatable bonds is 5. The van der Waals surface area contributed by atoms with E-state index >= 15 is 0 Å². The van der Waals surface area contributed by atoms with E-state index in [0.717, 1.165) is 5.56 Å². The van der Waals surface area contributed by atoms with Crippen LogP contribution in [0.15, 0.2) is 24.3 Å². The summed E-state index contributed by atoms with van der Waals surface area (Å²) >= 11 is 0. The lowest BCUT2D eigenvalue weighted by molar-refractivity contribution is -0.155. The summed E-state index contributed by atoms with van der Waals surface area (Å²) in [5.74, 6) is 0.112. The molecule has 0 heterocycles. The van der Waals surface area contributed by atoms with Crippen LogP contribution in [0, 0.1) is 0 Å². The minimum absolute atomic E-state index is 0.151. The molecule has 0 saturated heterocycles. The first-order chi connectivity index (χ1) is 7.93. The topological polar surface area (TPSA) is 87.6 Å². The Morgan fingerprint density at radius 2 is 1.88 bits per heavy atom. The average Bonchev–Trinajstić information content (AvgIpc) is 2.28. The molecule has 0 saturated carbocycles. The van der Waals surface area contributed by atoms with Crippen LogP contribution in [0.5, 0.6) is 5.75 Å². The van der Waals surface area contributed by atoms with Gasteiger partial charge in [0.1, 0.15) is 11.3 Å². The minimum atomic E-state index is -1.01. The predicted octanol–water partition coefficient (Wildman–Crippen LogP) is 0.762. The van der Waals surface area contributed by atoms with Crippen LogP contribution in [0.2, 0.25) is 0 Å². The number of nitrogens with two attached hydrogens (primary N) is 2. The molecule has 0 aliphatic heterocycles. The van der Waals surface area contributed by atoms with Gasteiger partial charge in [0.15, 0.2) is 0 Å². The molecule has 4 N–H and O–H groups in total. The summed E-state index contributed by atoms with van der Waals surface area (Å²) in [5, 5.41) is 0. The van der Waals surface area contributed by atoms with Gasteiger partial charge in [-0.2, -0.15) is 0 Å². The summed E-state index contributed by atoms with van der Waals surface area (Å²) in [6.45, 7) is 3.48. The van der Waals surface area contributed by atoms with Crippen LogP contribution in [-0.4, -0.2) is 18.3 Å². The van der Waals surface area contributed by atoms with E-state index in [0.29, 0.717) is 12.3 Å². The monoisotopic (exact) mass is 238 g/mol. The van der Waals surface area contributed by atoms with E-state index in [4.69, 9.17) is 20.9 Å². The molecule has 0 aliphatic rings. The molecule has 0 aliphatic carbocycles. The Bertz CT molecular complexity index is 368. The van der Waals surface area contributed by atoms with Crippen molar-refractivity contribution in [2.75, 3.05) is 6.79 Å². The van der Waals surface area contributed by atoms with Crippen molar-refractivity contribution in [1.82, 2.24) is 0 Å². The highest BCUT2D eigenvalue weighted by molar-refractivity contribution is 5.79. The largest absolute Gasteiger partial charge is 0.457 e. The molecule has 0 radical (unpaired) electrons. The van der Waals surface area contributed by atoms with Gasteiger partial charge in [0, 0.05) is 6.54 Å². The number of hydrogen-bond donors (Lipinski definition) is 2. The molecule has 0 amide bonds. The predicted molar refractivity (Wildman–Crippen MR) is 64.2 cm³/mol. The van der Waals surface area contributed by atoms with Gasteiger partial charge in [-0.25, -0.2) is 4.79 Å². The Hall–Kier alpha value is -1.59. The van der Waals surface area contributed by atoms with Gasteiger partial charge >= 0.3 is 5.97 Å². The van der Waals surface area contributed by atoms with Crippen molar-refractivity contribution in [3.05, 3.63) is 29.8 Å². The van der Waals surface area contributed by atoms with Crippen LogP contribution in [0.4, 0.5) is 0 Å². The molecule has 0 bridgehead atoms. The molecule has 0 atom stereocenters. The van der Waals surface area contributed by atoms with Gasteiger partial charge < -0.3 is 20.9 Å². The number of benzene rings is 1. The van der Waals surface area contributed by atoms with Crippen LogP contribution in [0.25, 0.3) is 0 Å². The maximum atomic E-state index is 11.3. The third-order valence-corrected chi connectivity index (χ3v) is 2.10. The summed E-state index contributed by atoms with van der Waals surface area (Å²) in [5.41, 5.74) is 11.0. The van der Waals surface area contributed by atoms with Crippen molar-refractivity contribution < 1.29 is 14.3 Å². The highest BCUT2D eigenvalue weighted by atomic mass is 16.7. The molecular formula is C12H18N2O3. The maximum Gasteiger partial charge on any atom is 0.328 e. The number of esters is 1. The first kappa shape index (κ1) is 13.5. The summed E-state index contributed by atoms with van der Waals surface area (Å²) in [6, 6.07) is 7.24. The van der Waals surface area contributed by atoms with Gasteiger partial charge in [0.2, 0.25) is 6.79 Å². The highest BCUT2D eigenvalue weighted by Gasteiger charge is 2.23. The molecule has 1 aromatic carbocycles.